The molecule has 0 radical (unpaired) electrons. The molecule has 9 heteroatoms. The number of ketones is 1. The number of amides is 1. The van der Waals surface area contributed by atoms with Crippen LogP contribution in [0.3, 0.4) is 0 Å². The summed E-state index contributed by atoms with van der Waals surface area (Å²) in [4.78, 5) is 31.2. The summed E-state index contributed by atoms with van der Waals surface area (Å²) in [5.74, 6) is 0.135. The zero-order valence-corrected chi connectivity index (χ0v) is 29.5. The van der Waals surface area contributed by atoms with Gasteiger partial charge in [0.15, 0.2) is 5.78 Å². The molecule has 2 saturated heterocycles. The van der Waals surface area contributed by atoms with Gasteiger partial charge in [0.05, 0.1) is 28.8 Å². The van der Waals surface area contributed by atoms with E-state index in [-0.39, 0.29) is 22.8 Å². The van der Waals surface area contributed by atoms with Crippen LogP contribution in [0.25, 0.3) is 10.9 Å². The molecule has 2 fully saturated rings. The van der Waals surface area contributed by atoms with Gasteiger partial charge in [-0.05, 0) is 69.9 Å². The third-order valence-electron chi connectivity index (χ3n) is 9.14. The monoisotopic (exact) mass is 674 g/mol. The molecule has 0 spiro atoms. The average Bonchev–Trinajstić information content (AvgIpc) is 3.55. The highest BCUT2D eigenvalue weighted by atomic mass is 35.5. The van der Waals surface area contributed by atoms with E-state index in [0.717, 1.165) is 73.2 Å². The van der Waals surface area contributed by atoms with Gasteiger partial charge in [-0.2, -0.15) is 0 Å². The van der Waals surface area contributed by atoms with Crippen LogP contribution in [0.4, 0.5) is 4.39 Å². The maximum absolute atomic E-state index is 13.6. The number of nitrogens with one attached hydrogen (secondary N) is 1. The van der Waals surface area contributed by atoms with Gasteiger partial charge in [-0.15, -0.1) is 0 Å². The number of piperazine rings is 1. The molecule has 2 aliphatic heterocycles. The molecule has 0 saturated carbocycles. The number of aryl methyl sites for hydroxylation is 2. The SMILES string of the molecule is CC.Cc1cccc(CNC(=O)c2cn(CCCN3C4CCC3CN(CC(=O)c3ccc(F)c(Cl)c3)C4)c3c(OC(C)C)cccc23)c1. The van der Waals surface area contributed by atoms with E-state index in [1.165, 1.54) is 18.2 Å². The third-order valence-corrected chi connectivity index (χ3v) is 9.43. The number of Topliss-reactive ketones (excluding diaryl/α,β-unsaturated/α-hetero) is 1. The highest BCUT2D eigenvalue weighted by Crippen LogP contribution is 2.33. The maximum atomic E-state index is 13.6. The molecule has 3 heterocycles. The second-order valence-corrected chi connectivity index (χ2v) is 13.4. The van der Waals surface area contributed by atoms with Crippen LogP contribution in [0, 0.1) is 12.7 Å². The number of likely N-dealkylation sites (tertiary alicyclic amines) is 1. The van der Waals surface area contributed by atoms with Gasteiger partial charge in [0.1, 0.15) is 11.6 Å². The summed E-state index contributed by atoms with van der Waals surface area (Å²) in [6.07, 6.45) is 5.13. The predicted octanol–water partition coefficient (Wildman–Crippen LogP) is 7.91. The molecule has 1 aromatic heterocycles. The Balaban J connectivity index is 0.00000221. The third kappa shape index (κ3) is 8.28. The number of ether oxygens (including phenoxy) is 1. The number of rotatable bonds is 12. The molecule has 4 aromatic rings. The molecule has 48 heavy (non-hydrogen) atoms. The van der Waals surface area contributed by atoms with Crippen molar-refractivity contribution in [3.05, 3.63) is 100.0 Å². The van der Waals surface area contributed by atoms with Gasteiger partial charge in [-0.1, -0.05) is 67.4 Å². The fraction of sp³-hybridized carbons (Fsp3) is 0.436. The summed E-state index contributed by atoms with van der Waals surface area (Å²) in [5, 5.41) is 3.98. The fourth-order valence-corrected chi connectivity index (χ4v) is 7.27. The summed E-state index contributed by atoms with van der Waals surface area (Å²) in [5.41, 5.74) is 4.28. The Morgan fingerprint density at radius 3 is 2.42 bits per heavy atom. The second-order valence-electron chi connectivity index (χ2n) is 12.9. The number of fused-ring (bicyclic) bond motifs is 3. The lowest BCUT2D eigenvalue weighted by molar-refractivity contribution is 0.0588. The van der Waals surface area contributed by atoms with Gasteiger partial charge in [-0.25, -0.2) is 4.39 Å². The number of aromatic nitrogens is 1. The standard InChI is InChI=1S/C37H42ClFN4O3.C2H6/c1-24(2)46-35-10-5-9-30-31(37(45)40-19-26-8-4-7-25(3)17-26)22-42(36(30)35)15-6-16-43-28-12-13-29(43)21-41(20-28)23-34(44)27-11-14-33(39)32(38)18-27;1-2/h4-5,7-11,14,17-18,22,24,28-29H,6,12-13,15-16,19-21,23H2,1-3H3,(H,40,45);1-2H3. The Labute approximate surface area is 289 Å². The highest BCUT2D eigenvalue weighted by molar-refractivity contribution is 6.31. The first kappa shape index (κ1) is 35.6. The average molecular weight is 675 g/mol. The van der Waals surface area contributed by atoms with Crippen molar-refractivity contribution in [2.75, 3.05) is 26.2 Å². The van der Waals surface area contributed by atoms with Crippen molar-refractivity contribution in [2.24, 2.45) is 0 Å². The quantitative estimate of drug-likeness (QED) is 0.155. The van der Waals surface area contributed by atoms with Crippen molar-refractivity contribution in [1.82, 2.24) is 19.7 Å². The van der Waals surface area contributed by atoms with E-state index in [9.17, 15) is 14.0 Å². The van der Waals surface area contributed by atoms with Crippen molar-refractivity contribution in [1.29, 1.82) is 0 Å². The lowest BCUT2D eigenvalue weighted by Gasteiger charge is -2.41. The van der Waals surface area contributed by atoms with E-state index in [4.69, 9.17) is 16.3 Å². The summed E-state index contributed by atoms with van der Waals surface area (Å²) < 4.78 is 22.0. The van der Waals surface area contributed by atoms with Crippen LogP contribution in [0.5, 0.6) is 5.75 Å². The summed E-state index contributed by atoms with van der Waals surface area (Å²) in [6, 6.07) is 19.1. The molecule has 0 aliphatic carbocycles. The molecule has 1 amide bonds. The first-order valence-electron chi connectivity index (χ1n) is 17.2. The Bertz CT molecular complexity index is 1720. The van der Waals surface area contributed by atoms with Gasteiger partial charge in [-0.3, -0.25) is 19.4 Å². The summed E-state index contributed by atoms with van der Waals surface area (Å²) in [6.45, 7) is 14.2. The summed E-state index contributed by atoms with van der Waals surface area (Å²) in [7, 11) is 0. The first-order chi connectivity index (χ1) is 23.2. The zero-order chi connectivity index (χ0) is 34.4. The van der Waals surface area contributed by atoms with E-state index in [1.807, 2.05) is 77.2 Å². The largest absolute Gasteiger partial charge is 0.489 e. The normalized spacial score (nSPS) is 17.8. The van der Waals surface area contributed by atoms with E-state index < -0.39 is 5.82 Å². The van der Waals surface area contributed by atoms with Crippen molar-refractivity contribution >= 4 is 34.2 Å². The van der Waals surface area contributed by atoms with Crippen LogP contribution >= 0.6 is 11.6 Å². The Hall–Kier alpha value is -3.72. The summed E-state index contributed by atoms with van der Waals surface area (Å²) >= 11 is 5.91. The molecule has 2 aliphatic rings. The minimum Gasteiger partial charge on any atom is -0.489 e. The molecule has 2 atom stereocenters. The molecule has 3 aromatic carbocycles. The molecule has 2 bridgehead atoms. The van der Waals surface area contributed by atoms with Crippen LogP contribution in [0.15, 0.2) is 66.9 Å². The Morgan fingerprint density at radius 2 is 1.73 bits per heavy atom. The molecule has 256 valence electrons. The van der Waals surface area contributed by atoms with E-state index >= 15 is 0 Å². The minimum atomic E-state index is -0.515. The Morgan fingerprint density at radius 1 is 1.00 bits per heavy atom. The van der Waals surface area contributed by atoms with Gasteiger partial charge in [0.2, 0.25) is 0 Å². The van der Waals surface area contributed by atoms with Gasteiger partial charge >= 0.3 is 0 Å². The van der Waals surface area contributed by atoms with Gasteiger partial charge in [0, 0.05) is 62.0 Å². The van der Waals surface area contributed by atoms with E-state index in [0.29, 0.717) is 36.3 Å². The molecule has 2 unspecified atom stereocenters. The number of nitrogens with zero attached hydrogens (tertiary/aromatic N) is 3. The molecular weight excluding hydrogens is 627 g/mol. The van der Waals surface area contributed by atoms with E-state index in [2.05, 4.69) is 25.8 Å². The fourth-order valence-electron chi connectivity index (χ4n) is 7.09. The molecule has 7 nitrogen and oxygen atoms in total. The van der Waals surface area contributed by atoms with Crippen LogP contribution in [-0.4, -0.2) is 70.4 Å². The molecule has 1 N–H and O–H groups in total. The molecule has 6 rings (SSSR count). The topological polar surface area (TPSA) is 66.8 Å². The number of halogens is 2. The Kier molecular flexibility index (Phi) is 11.9. The van der Waals surface area contributed by atoms with Crippen molar-refractivity contribution < 1.29 is 18.7 Å². The smallest absolute Gasteiger partial charge is 0.253 e. The van der Waals surface area contributed by atoms with Crippen molar-refractivity contribution in [3.63, 3.8) is 0 Å². The number of carbonyl (C=O) groups excluding carboxylic acids is 2. The zero-order valence-electron chi connectivity index (χ0n) is 28.8. The highest BCUT2D eigenvalue weighted by Gasteiger charge is 2.39. The van der Waals surface area contributed by atoms with Gasteiger partial charge in [0.25, 0.3) is 5.91 Å². The van der Waals surface area contributed by atoms with Gasteiger partial charge < -0.3 is 14.6 Å². The van der Waals surface area contributed by atoms with Crippen molar-refractivity contribution in [2.45, 2.75) is 85.2 Å². The number of benzene rings is 3. The number of para-hydroxylation sites is 1. The van der Waals surface area contributed by atoms with Crippen LogP contribution < -0.4 is 10.1 Å². The van der Waals surface area contributed by atoms with Crippen LogP contribution in [0.2, 0.25) is 5.02 Å². The first-order valence-corrected chi connectivity index (χ1v) is 17.6. The van der Waals surface area contributed by atoms with E-state index in [1.54, 1.807) is 0 Å². The van der Waals surface area contributed by atoms with Crippen molar-refractivity contribution in [3.8, 4) is 5.75 Å². The number of hydrogen-bond donors (Lipinski definition) is 1. The minimum absolute atomic E-state index is 0.00592. The lowest BCUT2D eigenvalue weighted by Crippen LogP contribution is -2.54. The van der Waals surface area contributed by atoms with Crippen LogP contribution in [-0.2, 0) is 13.1 Å². The number of hydrogen-bond acceptors (Lipinski definition) is 5. The maximum Gasteiger partial charge on any atom is 0.253 e. The lowest BCUT2D eigenvalue weighted by atomic mass is 10.1. The second kappa shape index (κ2) is 16.1. The molecular formula is C39H48ClFN4O3. The number of carbonyl (C=O) groups is 2. The van der Waals surface area contributed by atoms with Crippen LogP contribution in [0.1, 0.15) is 78.8 Å². The predicted molar refractivity (Wildman–Crippen MR) is 192 cm³/mol.